The molecular weight excluding hydrogens is 651 g/mol. The molecule has 9 nitrogen and oxygen atoms in total. The molecule has 0 spiro atoms. The highest BCUT2D eigenvalue weighted by molar-refractivity contribution is 6.40. The second-order valence-electron chi connectivity index (χ2n) is 12.2. The lowest BCUT2D eigenvalue weighted by Crippen LogP contribution is -2.24. The molecule has 0 saturated carbocycles. The van der Waals surface area contributed by atoms with Gasteiger partial charge in [-0.05, 0) is 65.6 Å². The van der Waals surface area contributed by atoms with Crippen LogP contribution in [0.15, 0.2) is 65.5 Å². The monoisotopic (exact) mass is 686 g/mol. The molecule has 3 aromatic carbocycles. The van der Waals surface area contributed by atoms with Crippen LogP contribution in [0.1, 0.15) is 75.9 Å². The fraction of sp³-hybridized carbons (Fsp3) is 0.324. The zero-order chi connectivity index (χ0) is 34.0. The van der Waals surface area contributed by atoms with Crippen molar-refractivity contribution in [2.24, 2.45) is 0 Å². The highest BCUT2D eigenvalue weighted by Gasteiger charge is 2.27. The molecule has 0 aliphatic carbocycles. The summed E-state index contributed by atoms with van der Waals surface area (Å²) in [6.07, 6.45) is 1.87. The molecule has 4 rings (SSSR count). The molecule has 46 heavy (non-hydrogen) atoms. The SMILES string of the molecule is CCC(C)(C)c1ccc(OCC(=O)Nc2cccc(C(=O)Nc3cc(=O)n(-c4c(Cl)cc(Cl)cc4Cl)n3O)c2)c(C(C)(C)CC)c1. The quantitative estimate of drug-likeness (QED) is 0.137. The van der Waals surface area contributed by atoms with E-state index in [0.717, 1.165) is 29.2 Å². The number of hydrogen-bond acceptors (Lipinski definition) is 5. The summed E-state index contributed by atoms with van der Waals surface area (Å²) >= 11 is 18.4. The van der Waals surface area contributed by atoms with Gasteiger partial charge in [0, 0.05) is 21.8 Å². The van der Waals surface area contributed by atoms with Crippen molar-refractivity contribution >= 4 is 58.1 Å². The van der Waals surface area contributed by atoms with Crippen molar-refractivity contribution in [3.63, 3.8) is 0 Å². The molecule has 0 bridgehead atoms. The standard InChI is InChI=1S/C34H37Cl3N4O5/c1-7-33(3,4)21-12-13-27(24(15-21)34(5,6)8-2)46-19-29(42)38-23-11-9-10-20(14-23)32(44)39-28-18-30(43)40(41(28)45)31-25(36)16-22(35)17-26(31)37/h9-18,45H,7-8,19H2,1-6H3,(H,38,42)(H,39,44). The minimum atomic E-state index is -0.709. The van der Waals surface area contributed by atoms with Gasteiger partial charge in [0.2, 0.25) is 0 Å². The molecule has 2 amide bonds. The van der Waals surface area contributed by atoms with Crippen molar-refractivity contribution < 1.29 is 19.5 Å². The summed E-state index contributed by atoms with van der Waals surface area (Å²) < 4.78 is 6.81. The van der Waals surface area contributed by atoms with Crippen LogP contribution in [-0.2, 0) is 15.6 Å². The highest BCUT2D eigenvalue weighted by Crippen LogP contribution is 2.38. The van der Waals surface area contributed by atoms with Crippen LogP contribution in [-0.4, -0.2) is 33.2 Å². The van der Waals surface area contributed by atoms with Gasteiger partial charge in [-0.3, -0.25) is 14.4 Å². The van der Waals surface area contributed by atoms with Crippen LogP contribution in [0.4, 0.5) is 11.5 Å². The van der Waals surface area contributed by atoms with E-state index in [-0.39, 0.29) is 49.6 Å². The lowest BCUT2D eigenvalue weighted by molar-refractivity contribution is -0.118. The van der Waals surface area contributed by atoms with E-state index in [1.54, 1.807) is 12.1 Å². The van der Waals surface area contributed by atoms with Crippen molar-refractivity contribution in [1.29, 1.82) is 0 Å². The number of aromatic nitrogens is 2. The first-order valence-electron chi connectivity index (χ1n) is 14.8. The number of hydrogen-bond donors (Lipinski definition) is 3. The number of halogens is 3. The maximum absolute atomic E-state index is 13.1. The summed E-state index contributed by atoms with van der Waals surface area (Å²) in [6, 6.07) is 16.1. The molecule has 0 aliphatic rings. The Kier molecular flexibility index (Phi) is 10.5. The Hall–Kier alpha value is -3.92. The molecule has 3 N–H and O–H groups in total. The summed E-state index contributed by atoms with van der Waals surface area (Å²) in [5, 5.41) is 16.2. The van der Waals surface area contributed by atoms with E-state index in [2.05, 4.69) is 58.2 Å². The maximum atomic E-state index is 13.1. The lowest BCUT2D eigenvalue weighted by Gasteiger charge is -2.30. The Morgan fingerprint density at radius 2 is 1.52 bits per heavy atom. The van der Waals surface area contributed by atoms with Crippen LogP contribution in [0.5, 0.6) is 5.75 Å². The average Bonchev–Trinajstić information content (AvgIpc) is 3.27. The van der Waals surface area contributed by atoms with Gasteiger partial charge in [-0.1, -0.05) is 99.4 Å². The van der Waals surface area contributed by atoms with Crippen LogP contribution in [0.3, 0.4) is 0 Å². The van der Waals surface area contributed by atoms with Crippen LogP contribution in [0.25, 0.3) is 5.69 Å². The summed E-state index contributed by atoms with van der Waals surface area (Å²) in [5.74, 6) is -0.649. The Balaban J connectivity index is 1.47. The normalized spacial score (nSPS) is 11.8. The van der Waals surface area contributed by atoms with Crippen LogP contribution in [0, 0.1) is 0 Å². The summed E-state index contributed by atoms with van der Waals surface area (Å²) in [7, 11) is 0. The molecule has 4 aromatic rings. The lowest BCUT2D eigenvalue weighted by atomic mass is 9.76. The summed E-state index contributed by atoms with van der Waals surface area (Å²) in [6.45, 7) is 12.8. The van der Waals surface area contributed by atoms with Crippen molar-refractivity contribution in [3.8, 4) is 11.4 Å². The first-order valence-corrected chi connectivity index (χ1v) is 15.9. The molecule has 0 aliphatic heterocycles. The van der Waals surface area contributed by atoms with Gasteiger partial charge >= 0.3 is 0 Å². The summed E-state index contributed by atoms with van der Waals surface area (Å²) in [5.41, 5.74) is 1.88. The maximum Gasteiger partial charge on any atom is 0.276 e. The number of anilines is 2. The Bertz CT molecular complexity index is 1820. The van der Waals surface area contributed by atoms with Gasteiger partial charge in [0.05, 0.1) is 16.1 Å². The van der Waals surface area contributed by atoms with E-state index in [0.29, 0.717) is 16.3 Å². The fourth-order valence-electron chi connectivity index (χ4n) is 4.73. The number of nitrogens with zero attached hydrogens (tertiary/aromatic N) is 2. The predicted molar refractivity (Wildman–Crippen MR) is 184 cm³/mol. The molecule has 0 saturated heterocycles. The second kappa shape index (κ2) is 13.8. The van der Waals surface area contributed by atoms with Crippen LogP contribution < -0.4 is 20.9 Å². The van der Waals surface area contributed by atoms with Gasteiger partial charge in [-0.2, -0.15) is 4.68 Å². The van der Waals surface area contributed by atoms with E-state index in [1.807, 2.05) is 12.1 Å². The topological polar surface area (TPSA) is 115 Å². The first kappa shape index (κ1) is 34.9. The van der Waals surface area contributed by atoms with Gasteiger partial charge < -0.3 is 20.6 Å². The van der Waals surface area contributed by atoms with Crippen molar-refractivity contribution in [2.45, 2.75) is 65.2 Å². The predicted octanol–water partition coefficient (Wildman–Crippen LogP) is 8.48. The first-order chi connectivity index (χ1) is 21.6. The Morgan fingerprint density at radius 1 is 0.870 bits per heavy atom. The van der Waals surface area contributed by atoms with Gasteiger partial charge in [0.15, 0.2) is 12.4 Å². The van der Waals surface area contributed by atoms with Crippen LogP contribution in [0.2, 0.25) is 15.1 Å². The largest absolute Gasteiger partial charge is 0.483 e. The van der Waals surface area contributed by atoms with E-state index < -0.39 is 17.4 Å². The number of rotatable bonds is 11. The molecule has 0 unspecified atom stereocenters. The third-order valence-electron chi connectivity index (χ3n) is 8.33. The number of amides is 2. The smallest absolute Gasteiger partial charge is 0.276 e. The summed E-state index contributed by atoms with van der Waals surface area (Å²) in [4.78, 5) is 39.1. The fourth-order valence-corrected chi connectivity index (χ4v) is 5.71. The molecule has 0 atom stereocenters. The Labute approximate surface area is 283 Å². The van der Waals surface area contributed by atoms with Crippen LogP contribution >= 0.6 is 34.8 Å². The van der Waals surface area contributed by atoms with Gasteiger partial charge in [-0.15, -0.1) is 0 Å². The number of ether oxygens (including phenoxy) is 1. The van der Waals surface area contributed by atoms with Crippen molar-refractivity contribution in [3.05, 3.63) is 103 Å². The van der Waals surface area contributed by atoms with E-state index in [4.69, 9.17) is 39.5 Å². The minimum absolute atomic E-state index is 0.00258. The minimum Gasteiger partial charge on any atom is -0.483 e. The number of carbonyl (C=O) groups excluding carboxylic acids is 2. The number of carbonyl (C=O) groups is 2. The third kappa shape index (κ3) is 7.54. The van der Waals surface area contributed by atoms with Crippen molar-refractivity contribution in [2.75, 3.05) is 17.2 Å². The zero-order valence-corrected chi connectivity index (χ0v) is 28.8. The average molecular weight is 688 g/mol. The molecule has 244 valence electrons. The molecular formula is C34H37Cl3N4O5. The number of nitrogens with one attached hydrogen (secondary N) is 2. The highest BCUT2D eigenvalue weighted by atomic mass is 35.5. The molecule has 12 heteroatoms. The van der Waals surface area contributed by atoms with E-state index in [9.17, 15) is 19.6 Å². The molecule has 1 aromatic heterocycles. The number of benzene rings is 3. The van der Waals surface area contributed by atoms with Gasteiger partial charge in [0.25, 0.3) is 17.4 Å². The molecule has 1 heterocycles. The van der Waals surface area contributed by atoms with E-state index in [1.165, 1.54) is 29.8 Å². The third-order valence-corrected chi connectivity index (χ3v) is 9.13. The van der Waals surface area contributed by atoms with Crippen molar-refractivity contribution in [1.82, 2.24) is 9.53 Å². The molecule has 0 fully saturated rings. The van der Waals surface area contributed by atoms with Gasteiger partial charge in [-0.25, -0.2) is 0 Å². The Morgan fingerprint density at radius 3 is 2.15 bits per heavy atom. The van der Waals surface area contributed by atoms with Gasteiger partial charge in [0.1, 0.15) is 11.4 Å². The molecule has 0 radical (unpaired) electrons. The second-order valence-corrected chi connectivity index (χ2v) is 13.5. The zero-order valence-electron chi connectivity index (χ0n) is 26.5. The van der Waals surface area contributed by atoms with E-state index >= 15 is 0 Å².